The van der Waals surface area contributed by atoms with Crippen molar-refractivity contribution in [2.45, 2.75) is 52.5 Å². The third-order valence-electron chi connectivity index (χ3n) is 6.15. The summed E-state index contributed by atoms with van der Waals surface area (Å²) in [5.74, 6) is -2.23. The van der Waals surface area contributed by atoms with Crippen molar-refractivity contribution in [3.05, 3.63) is 32.9 Å². The first-order chi connectivity index (χ1) is 12.9. The van der Waals surface area contributed by atoms with Gasteiger partial charge in [0.25, 0.3) is 0 Å². The summed E-state index contributed by atoms with van der Waals surface area (Å²) in [4.78, 5) is 50.9. The van der Waals surface area contributed by atoms with E-state index in [-0.39, 0.29) is 34.1 Å². The first-order valence-corrected chi connectivity index (χ1v) is 10.5. The zero-order chi connectivity index (χ0) is 19.3. The van der Waals surface area contributed by atoms with Crippen LogP contribution in [0.1, 0.15) is 54.9 Å². The van der Waals surface area contributed by atoms with Crippen LogP contribution in [0, 0.1) is 24.7 Å². The normalized spacial score (nSPS) is 24.7. The third-order valence-corrected chi connectivity index (χ3v) is 7.10. The van der Waals surface area contributed by atoms with Crippen LogP contribution in [0.5, 0.6) is 0 Å². The van der Waals surface area contributed by atoms with E-state index in [1.807, 2.05) is 6.92 Å². The van der Waals surface area contributed by atoms with E-state index in [1.54, 1.807) is 16.7 Å². The molecule has 0 amide bonds. The topological polar surface area (TPSA) is 73.2 Å². The highest BCUT2D eigenvalue weighted by molar-refractivity contribution is 7.16. The van der Waals surface area contributed by atoms with E-state index in [1.165, 1.54) is 11.3 Å². The minimum Gasteiger partial charge on any atom is -0.298 e. The number of unbranched alkanes of at least 4 members (excludes halogenated alkanes) is 1. The van der Waals surface area contributed by atoms with Crippen LogP contribution >= 0.6 is 11.3 Å². The Morgan fingerprint density at radius 1 is 1.15 bits per heavy atom. The number of Topliss-reactive ketones (excluding diaryl/α,β-unsaturated/α-hetero) is 3. The number of hydrogen-bond acceptors (Lipinski definition) is 5. The Labute approximate surface area is 161 Å². The summed E-state index contributed by atoms with van der Waals surface area (Å²) < 4.78 is 2.57. The minimum absolute atomic E-state index is 0.0333. The molecule has 1 aromatic heterocycles. The second-order valence-corrected chi connectivity index (χ2v) is 8.76. The van der Waals surface area contributed by atoms with Gasteiger partial charge in [-0.1, -0.05) is 24.7 Å². The summed E-state index contributed by atoms with van der Waals surface area (Å²) in [7, 11) is 0. The molecule has 2 aliphatic carbocycles. The Morgan fingerprint density at radius 3 is 2.44 bits per heavy atom. The Balaban J connectivity index is 1.78. The van der Waals surface area contributed by atoms with Crippen molar-refractivity contribution >= 4 is 38.9 Å². The molecule has 142 valence electrons. The zero-order valence-corrected chi connectivity index (χ0v) is 16.4. The number of aryl methyl sites for hydroxylation is 2. The predicted molar refractivity (Wildman–Crippen MR) is 104 cm³/mol. The summed E-state index contributed by atoms with van der Waals surface area (Å²) in [6.07, 6.45) is 3.90. The van der Waals surface area contributed by atoms with Gasteiger partial charge in [0.05, 0.1) is 10.2 Å². The molecule has 0 N–H and O–H groups in total. The lowest BCUT2D eigenvalue weighted by molar-refractivity contribution is -0.137. The number of ketones is 3. The van der Waals surface area contributed by atoms with Gasteiger partial charge in [0.2, 0.25) is 0 Å². The molecule has 2 atom stereocenters. The Hall–Kier alpha value is -2.08. The van der Waals surface area contributed by atoms with Crippen molar-refractivity contribution in [1.29, 1.82) is 0 Å². The molecule has 2 unspecified atom stereocenters. The molecule has 4 rings (SSSR count). The highest BCUT2D eigenvalue weighted by atomic mass is 32.1. The fraction of sp³-hybridized carbons (Fsp3) is 0.524. The fourth-order valence-corrected chi connectivity index (χ4v) is 5.62. The lowest BCUT2D eigenvalue weighted by Gasteiger charge is -2.24. The quantitative estimate of drug-likeness (QED) is 0.583. The number of rotatable bonds is 5. The van der Waals surface area contributed by atoms with Gasteiger partial charge in [-0.3, -0.25) is 23.7 Å². The SMILES string of the molecule is CCCCn1c(=O)sc2ccc(C(=O)C3C(=O)C4CCC(C4)C3=O)c(C)c21. The molecular formula is C21H23NO4S. The maximum atomic E-state index is 13.2. The molecule has 0 spiro atoms. The standard InChI is InChI=1S/C21H23NO4S/c1-3-4-9-22-17-11(2)14(7-8-15(17)27-21(22)26)20(25)16-18(23)12-5-6-13(10-12)19(16)24/h7-8,12-13,16H,3-6,9-10H2,1-2H3. The van der Waals surface area contributed by atoms with Crippen molar-refractivity contribution in [2.24, 2.45) is 17.8 Å². The van der Waals surface area contributed by atoms with E-state index in [0.29, 0.717) is 24.1 Å². The third kappa shape index (κ3) is 2.81. The number of carbonyl (C=O) groups excluding carboxylic acids is 3. The van der Waals surface area contributed by atoms with Crippen LogP contribution in [-0.2, 0) is 16.1 Å². The molecule has 2 fully saturated rings. The van der Waals surface area contributed by atoms with E-state index in [0.717, 1.165) is 35.9 Å². The molecule has 2 saturated carbocycles. The van der Waals surface area contributed by atoms with Gasteiger partial charge in [-0.05, 0) is 50.3 Å². The molecule has 2 aliphatic rings. The molecule has 27 heavy (non-hydrogen) atoms. The molecule has 5 nitrogen and oxygen atoms in total. The molecule has 2 aromatic rings. The Bertz CT molecular complexity index is 993. The fourth-order valence-electron chi connectivity index (χ4n) is 4.64. The number of thiazole rings is 1. The largest absolute Gasteiger partial charge is 0.308 e. The van der Waals surface area contributed by atoms with Crippen LogP contribution in [0.4, 0.5) is 0 Å². The second-order valence-electron chi connectivity index (χ2n) is 7.77. The van der Waals surface area contributed by atoms with Crippen LogP contribution in [0.2, 0.25) is 0 Å². The van der Waals surface area contributed by atoms with Gasteiger partial charge in [-0.25, -0.2) is 0 Å². The van der Waals surface area contributed by atoms with Gasteiger partial charge >= 0.3 is 4.87 Å². The number of benzene rings is 1. The Kier molecular flexibility index (Phi) is 4.62. The minimum atomic E-state index is -1.15. The van der Waals surface area contributed by atoms with Crippen LogP contribution in [-0.4, -0.2) is 21.9 Å². The molecule has 1 aromatic carbocycles. The maximum Gasteiger partial charge on any atom is 0.308 e. The summed E-state index contributed by atoms with van der Waals surface area (Å²) in [5, 5.41) is 0. The molecular weight excluding hydrogens is 362 g/mol. The number of fused-ring (bicyclic) bond motifs is 3. The van der Waals surface area contributed by atoms with E-state index >= 15 is 0 Å². The second kappa shape index (κ2) is 6.82. The molecule has 0 aliphatic heterocycles. The van der Waals surface area contributed by atoms with Crippen LogP contribution in [0.15, 0.2) is 16.9 Å². The zero-order valence-electron chi connectivity index (χ0n) is 15.6. The van der Waals surface area contributed by atoms with Crippen molar-refractivity contribution in [3.63, 3.8) is 0 Å². The average molecular weight is 385 g/mol. The first kappa shape index (κ1) is 18.3. The van der Waals surface area contributed by atoms with E-state index in [9.17, 15) is 19.2 Å². The van der Waals surface area contributed by atoms with Gasteiger partial charge in [0.15, 0.2) is 17.3 Å². The van der Waals surface area contributed by atoms with Crippen molar-refractivity contribution in [1.82, 2.24) is 4.57 Å². The summed E-state index contributed by atoms with van der Waals surface area (Å²) >= 11 is 1.17. The van der Waals surface area contributed by atoms with E-state index in [4.69, 9.17) is 0 Å². The molecule has 1 heterocycles. The summed E-state index contributed by atoms with van der Waals surface area (Å²) in [5.41, 5.74) is 1.87. The lowest BCUT2D eigenvalue weighted by Crippen LogP contribution is -2.41. The van der Waals surface area contributed by atoms with E-state index < -0.39 is 5.92 Å². The summed E-state index contributed by atoms with van der Waals surface area (Å²) in [6, 6.07) is 3.45. The summed E-state index contributed by atoms with van der Waals surface area (Å²) in [6.45, 7) is 4.49. The highest BCUT2D eigenvalue weighted by Crippen LogP contribution is 2.41. The smallest absolute Gasteiger partial charge is 0.298 e. The van der Waals surface area contributed by atoms with Crippen LogP contribution in [0.3, 0.4) is 0 Å². The van der Waals surface area contributed by atoms with Crippen LogP contribution in [0.25, 0.3) is 10.2 Å². The van der Waals surface area contributed by atoms with Gasteiger partial charge < -0.3 is 0 Å². The Morgan fingerprint density at radius 2 is 1.81 bits per heavy atom. The van der Waals surface area contributed by atoms with E-state index in [2.05, 4.69) is 6.92 Å². The first-order valence-electron chi connectivity index (χ1n) is 9.68. The molecule has 0 radical (unpaired) electrons. The van der Waals surface area contributed by atoms with Crippen molar-refractivity contribution in [3.8, 4) is 0 Å². The maximum absolute atomic E-state index is 13.2. The lowest BCUT2D eigenvalue weighted by atomic mass is 9.75. The average Bonchev–Trinajstić information content (AvgIpc) is 3.22. The number of carbonyl (C=O) groups is 3. The number of aromatic nitrogens is 1. The molecule has 6 heteroatoms. The van der Waals surface area contributed by atoms with Gasteiger partial charge in [-0.2, -0.15) is 0 Å². The number of nitrogens with zero attached hydrogens (tertiary/aromatic N) is 1. The van der Waals surface area contributed by atoms with Crippen molar-refractivity contribution in [2.75, 3.05) is 0 Å². The van der Waals surface area contributed by atoms with Crippen LogP contribution < -0.4 is 4.87 Å². The number of hydrogen-bond donors (Lipinski definition) is 0. The van der Waals surface area contributed by atoms with Gasteiger partial charge in [-0.15, -0.1) is 0 Å². The molecule has 2 bridgehead atoms. The molecule has 0 saturated heterocycles. The van der Waals surface area contributed by atoms with Crippen molar-refractivity contribution < 1.29 is 14.4 Å². The highest BCUT2D eigenvalue weighted by Gasteiger charge is 2.50. The van der Waals surface area contributed by atoms with Gasteiger partial charge in [0.1, 0.15) is 5.92 Å². The monoisotopic (exact) mass is 385 g/mol. The predicted octanol–water partition coefficient (Wildman–Crippen LogP) is 3.54. The van der Waals surface area contributed by atoms with Gasteiger partial charge in [0, 0.05) is 23.9 Å².